The van der Waals surface area contributed by atoms with Gasteiger partial charge < -0.3 is 14.8 Å². The molecule has 0 aliphatic carbocycles. The predicted molar refractivity (Wildman–Crippen MR) is 146 cm³/mol. The van der Waals surface area contributed by atoms with Crippen molar-refractivity contribution in [1.82, 2.24) is 4.98 Å². The first-order valence-corrected chi connectivity index (χ1v) is 12.5. The topological polar surface area (TPSA) is 43.4 Å². The maximum atomic E-state index is 6.02. The number of rotatable bonds is 8. The summed E-state index contributed by atoms with van der Waals surface area (Å²) >= 11 is 1.73. The Labute approximate surface area is 210 Å². The Kier molecular flexibility index (Phi) is 6.68. The van der Waals surface area contributed by atoms with Gasteiger partial charge in [-0.05, 0) is 79.1 Å². The summed E-state index contributed by atoms with van der Waals surface area (Å²) in [5.74, 6) is 1.48. The molecule has 0 unspecified atom stereocenters. The second kappa shape index (κ2) is 10.2. The third-order valence-corrected chi connectivity index (χ3v) is 6.94. The third kappa shape index (κ3) is 5.47. The van der Waals surface area contributed by atoms with Crippen LogP contribution < -0.4 is 14.8 Å². The fraction of sp³-hybridized carbons (Fsp3) is 0.167. The van der Waals surface area contributed by atoms with Gasteiger partial charge in [-0.15, -0.1) is 11.3 Å². The Bertz CT molecular complexity index is 1460. The Morgan fingerprint density at radius 1 is 0.800 bits per heavy atom. The highest BCUT2D eigenvalue weighted by Gasteiger charge is 2.09. The average Bonchev–Trinajstić information content (AvgIpc) is 3.30. The number of hydrogen-bond donors (Lipinski definition) is 1. The number of nitrogens with zero attached hydrogens (tertiary/aromatic N) is 1. The van der Waals surface area contributed by atoms with E-state index in [9.17, 15) is 0 Å². The molecule has 4 aromatic carbocycles. The molecule has 0 spiro atoms. The van der Waals surface area contributed by atoms with E-state index in [1.807, 2.05) is 18.2 Å². The Morgan fingerprint density at radius 2 is 1.63 bits per heavy atom. The fourth-order valence-electron chi connectivity index (χ4n) is 3.99. The quantitative estimate of drug-likeness (QED) is 0.246. The summed E-state index contributed by atoms with van der Waals surface area (Å²) in [5.41, 5.74) is 7.99. The van der Waals surface area contributed by atoms with Gasteiger partial charge in [0.05, 0.1) is 17.3 Å². The molecule has 0 bridgehead atoms. The second-order valence-electron chi connectivity index (χ2n) is 8.68. The minimum absolute atomic E-state index is 0.510. The number of anilines is 1. The van der Waals surface area contributed by atoms with Crippen molar-refractivity contribution in [3.8, 4) is 22.1 Å². The monoisotopic (exact) mass is 480 g/mol. The zero-order valence-electron chi connectivity index (χ0n) is 20.2. The summed E-state index contributed by atoms with van der Waals surface area (Å²) in [6, 6.07) is 29.2. The van der Waals surface area contributed by atoms with Crippen molar-refractivity contribution in [2.24, 2.45) is 0 Å². The molecule has 0 amide bonds. The Balaban J connectivity index is 1.22. The molecule has 0 saturated carbocycles. The fourth-order valence-corrected chi connectivity index (χ4v) is 5.06. The summed E-state index contributed by atoms with van der Waals surface area (Å²) in [6.07, 6.45) is 0. The first-order chi connectivity index (χ1) is 17.1. The summed E-state index contributed by atoms with van der Waals surface area (Å²) < 4.78 is 12.8. The number of fused-ring (bicyclic) bond motifs is 1. The van der Waals surface area contributed by atoms with Gasteiger partial charge in [0.25, 0.3) is 0 Å². The van der Waals surface area contributed by atoms with Crippen molar-refractivity contribution in [3.05, 3.63) is 107 Å². The molecule has 1 N–H and O–H groups in total. The van der Waals surface area contributed by atoms with Crippen LogP contribution in [0.15, 0.2) is 84.9 Å². The molecule has 176 valence electrons. The van der Waals surface area contributed by atoms with Crippen molar-refractivity contribution in [2.45, 2.75) is 27.0 Å². The third-order valence-electron chi connectivity index (χ3n) is 5.88. The van der Waals surface area contributed by atoms with E-state index in [2.05, 4.69) is 85.9 Å². The van der Waals surface area contributed by atoms with Crippen LogP contribution in [-0.2, 0) is 13.2 Å². The zero-order chi connectivity index (χ0) is 24.2. The van der Waals surface area contributed by atoms with Crippen LogP contribution in [0.4, 0.5) is 5.69 Å². The first kappa shape index (κ1) is 22.9. The van der Waals surface area contributed by atoms with Gasteiger partial charge in [-0.3, -0.25) is 0 Å². The van der Waals surface area contributed by atoms with E-state index in [1.165, 1.54) is 15.8 Å². The maximum absolute atomic E-state index is 6.02. The van der Waals surface area contributed by atoms with E-state index in [-0.39, 0.29) is 0 Å². The first-order valence-electron chi connectivity index (χ1n) is 11.6. The van der Waals surface area contributed by atoms with Crippen LogP contribution in [0.3, 0.4) is 0 Å². The molecule has 0 saturated heterocycles. The highest BCUT2D eigenvalue weighted by molar-refractivity contribution is 7.21. The van der Waals surface area contributed by atoms with Crippen molar-refractivity contribution in [2.75, 3.05) is 12.4 Å². The number of nitrogens with one attached hydrogen (secondary N) is 1. The molecule has 0 radical (unpaired) electrons. The molecule has 1 heterocycles. The lowest BCUT2D eigenvalue weighted by Crippen LogP contribution is -2.02. The average molecular weight is 481 g/mol. The molecular weight excluding hydrogens is 452 g/mol. The molecule has 0 aliphatic heterocycles. The molecular formula is C30H28N2O2S. The molecule has 0 atom stereocenters. The number of hydrogen-bond acceptors (Lipinski definition) is 5. The highest BCUT2D eigenvalue weighted by atomic mass is 32.1. The molecule has 4 nitrogen and oxygen atoms in total. The van der Waals surface area contributed by atoms with Crippen molar-refractivity contribution in [1.29, 1.82) is 0 Å². The maximum Gasteiger partial charge on any atom is 0.161 e. The lowest BCUT2D eigenvalue weighted by molar-refractivity contribution is 0.284. The highest BCUT2D eigenvalue weighted by Crippen LogP contribution is 2.32. The minimum atomic E-state index is 0.510. The summed E-state index contributed by atoms with van der Waals surface area (Å²) in [4.78, 5) is 4.79. The van der Waals surface area contributed by atoms with Crippen LogP contribution in [0.2, 0.25) is 0 Å². The summed E-state index contributed by atoms with van der Waals surface area (Å²) in [7, 11) is 1.67. The Hall–Kier alpha value is -3.83. The molecule has 0 fully saturated rings. The van der Waals surface area contributed by atoms with E-state index >= 15 is 0 Å². The van der Waals surface area contributed by atoms with Crippen LogP contribution in [0.25, 0.3) is 20.8 Å². The lowest BCUT2D eigenvalue weighted by atomic mass is 10.1. The molecule has 5 rings (SSSR count). The van der Waals surface area contributed by atoms with E-state index in [0.29, 0.717) is 13.2 Å². The van der Waals surface area contributed by atoms with Gasteiger partial charge in [0, 0.05) is 17.8 Å². The van der Waals surface area contributed by atoms with Crippen molar-refractivity contribution >= 4 is 27.2 Å². The molecule has 0 aliphatic rings. The van der Waals surface area contributed by atoms with Crippen LogP contribution in [0, 0.1) is 13.8 Å². The van der Waals surface area contributed by atoms with Crippen LogP contribution in [0.5, 0.6) is 11.5 Å². The van der Waals surface area contributed by atoms with Crippen LogP contribution in [0.1, 0.15) is 22.3 Å². The van der Waals surface area contributed by atoms with Crippen molar-refractivity contribution < 1.29 is 9.47 Å². The van der Waals surface area contributed by atoms with E-state index in [0.717, 1.165) is 44.4 Å². The van der Waals surface area contributed by atoms with Gasteiger partial charge in [-0.1, -0.05) is 42.0 Å². The summed E-state index contributed by atoms with van der Waals surface area (Å²) in [5, 5.41) is 4.54. The molecule has 35 heavy (non-hydrogen) atoms. The van der Waals surface area contributed by atoms with Gasteiger partial charge >= 0.3 is 0 Å². The largest absolute Gasteiger partial charge is 0.493 e. The van der Waals surface area contributed by atoms with Crippen LogP contribution >= 0.6 is 11.3 Å². The SMILES string of the molecule is COc1cc(CNc2ccc(-c3nc4ccc(C)cc4s3)cc2)ccc1OCc1cccc(C)c1. The molecule has 5 aromatic rings. The number of aromatic nitrogens is 1. The number of ether oxygens (including phenoxy) is 2. The Morgan fingerprint density at radius 3 is 2.43 bits per heavy atom. The van der Waals surface area contributed by atoms with Gasteiger partial charge in [-0.25, -0.2) is 4.98 Å². The minimum Gasteiger partial charge on any atom is -0.493 e. The smallest absolute Gasteiger partial charge is 0.161 e. The predicted octanol–water partition coefficient (Wildman–Crippen LogP) is 7.78. The van der Waals surface area contributed by atoms with Crippen molar-refractivity contribution in [3.63, 3.8) is 0 Å². The number of thiazole rings is 1. The van der Waals surface area contributed by atoms with E-state index < -0.39 is 0 Å². The van der Waals surface area contributed by atoms with E-state index in [4.69, 9.17) is 14.5 Å². The second-order valence-corrected chi connectivity index (χ2v) is 9.71. The zero-order valence-corrected chi connectivity index (χ0v) is 21.0. The van der Waals surface area contributed by atoms with Crippen LogP contribution in [-0.4, -0.2) is 12.1 Å². The lowest BCUT2D eigenvalue weighted by Gasteiger charge is -2.13. The normalized spacial score (nSPS) is 10.9. The number of aryl methyl sites for hydroxylation is 2. The standard InChI is InChI=1S/C30H28N2O2S/c1-20-5-4-6-23(15-20)19-34-27-14-8-22(17-28(27)33-3)18-31-25-11-9-24(10-12-25)30-32-26-13-7-21(2)16-29(26)35-30/h4-17,31H,18-19H2,1-3H3. The van der Waals surface area contributed by atoms with E-state index in [1.54, 1.807) is 18.4 Å². The van der Waals surface area contributed by atoms with Gasteiger partial charge in [0.1, 0.15) is 11.6 Å². The van der Waals surface area contributed by atoms with Gasteiger partial charge in [-0.2, -0.15) is 0 Å². The summed E-state index contributed by atoms with van der Waals surface area (Å²) in [6.45, 7) is 5.40. The molecule has 1 aromatic heterocycles. The van der Waals surface area contributed by atoms with Gasteiger partial charge in [0.2, 0.25) is 0 Å². The number of methoxy groups -OCH3 is 1. The van der Waals surface area contributed by atoms with Gasteiger partial charge in [0.15, 0.2) is 11.5 Å². The molecule has 5 heteroatoms. The number of benzene rings is 4.